The van der Waals surface area contributed by atoms with Crippen LogP contribution in [0.25, 0.3) is 0 Å². The van der Waals surface area contributed by atoms with Crippen molar-refractivity contribution >= 4 is 11.6 Å². The minimum atomic E-state index is -0.324. The Kier molecular flexibility index (Phi) is 3.01. The lowest BCUT2D eigenvalue weighted by Crippen LogP contribution is -2.33. The highest BCUT2D eigenvalue weighted by atomic mass is 16.2. The molecule has 2 nitrogen and oxygen atoms in total. The van der Waals surface area contributed by atoms with Crippen LogP contribution in [0.5, 0.6) is 0 Å². The topological polar surface area (TPSA) is 34.1 Å². The van der Waals surface area contributed by atoms with Crippen LogP contribution in [0.2, 0.25) is 0 Å². The minimum Gasteiger partial charge on any atom is -0.299 e. The van der Waals surface area contributed by atoms with Crippen LogP contribution in [-0.2, 0) is 9.59 Å². The highest BCUT2D eigenvalue weighted by molar-refractivity contribution is 6.05. The van der Waals surface area contributed by atoms with Crippen LogP contribution in [0.1, 0.15) is 39.5 Å². The molecule has 2 heteroatoms. The molecule has 0 aromatic heterocycles. The van der Waals surface area contributed by atoms with E-state index in [-0.39, 0.29) is 23.4 Å². The second-order valence-electron chi connectivity index (χ2n) is 3.61. The van der Waals surface area contributed by atoms with Gasteiger partial charge in [-0.2, -0.15) is 0 Å². The van der Waals surface area contributed by atoms with Crippen LogP contribution < -0.4 is 0 Å². The van der Waals surface area contributed by atoms with Gasteiger partial charge in [0.1, 0.15) is 11.6 Å². The lowest BCUT2D eigenvalue weighted by Gasteiger charge is -2.23. The van der Waals surface area contributed by atoms with E-state index >= 15 is 0 Å². The zero-order valence-corrected chi connectivity index (χ0v) is 7.80. The Balaban J connectivity index is 2.59. The highest BCUT2D eigenvalue weighted by Gasteiger charge is 2.32. The molecule has 0 heterocycles. The third-order valence-electron chi connectivity index (χ3n) is 2.69. The van der Waals surface area contributed by atoms with Crippen molar-refractivity contribution in [1.29, 1.82) is 0 Å². The fourth-order valence-electron chi connectivity index (χ4n) is 1.82. The molecule has 1 fully saturated rings. The molecule has 2 atom stereocenters. The van der Waals surface area contributed by atoms with Gasteiger partial charge in [-0.05, 0) is 19.8 Å². The first-order chi connectivity index (χ1) is 5.66. The van der Waals surface area contributed by atoms with E-state index in [0.29, 0.717) is 6.42 Å². The van der Waals surface area contributed by atoms with E-state index in [2.05, 4.69) is 6.92 Å². The van der Waals surface area contributed by atoms with Gasteiger partial charge >= 0.3 is 0 Å². The summed E-state index contributed by atoms with van der Waals surface area (Å²) in [7, 11) is 0. The maximum atomic E-state index is 11.5. The quantitative estimate of drug-likeness (QED) is 0.591. The number of carbonyl (C=O) groups is 2. The molecule has 1 aliphatic rings. The van der Waals surface area contributed by atoms with Crippen molar-refractivity contribution in [1.82, 2.24) is 0 Å². The van der Waals surface area contributed by atoms with E-state index in [1.165, 1.54) is 0 Å². The third-order valence-corrected chi connectivity index (χ3v) is 2.69. The van der Waals surface area contributed by atoms with Gasteiger partial charge in [-0.3, -0.25) is 9.59 Å². The average Bonchev–Trinajstić information content (AvgIpc) is 2.07. The number of Topliss-reactive ketones (excluding diaryl/α,β-unsaturated/α-hetero) is 2. The second-order valence-corrected chi connectivity index (χ2v) is 3.61. The second kappa shape index (κ2) is 3.83. The van der Waals surface area contributed by atoms with Gasteiger partial charge in [0, 0.05) is 12.3 Å². The lowest BCUT2D eigenvalue weighted by molar-refractivity contribution is -0.138. The largest absolute Gasteiger partial charge is 0.299 e. The van der Waals surface area contributed by atoms with E-state index in [1.807, 2.05) is 0 Å². The van der Waals surface area contributed by atoms with Gasteiger partial charge in [-0.1, -0.05) is 13.3 Å². The number of hydrogen-bond acceptors (Lipinski definition) is 2. The van der Waals surface area contributed by atoms with E-state index in [4.69, 9.17) is 0 Å². The summed E-state index contributed by atoms with van der Waals surface area (Å²) in [6.45, 7) is 3.82. The third kappa shape index (κ3) is 1.74. The standard InChI is InChI=1S/C10H16O2/c1-3-4-8-5-6-9(11)7(2)10(8)12/h7-8H,3-6H2,1-2H3. The predicted molar refractivity (Wildman–Crippen MR) is 46.8 cm³/mol. The first-order valence-electron chi connectivity index (χ1n) is 4.73. The predicted octanol–water partition coefficient (Wildman–Crippen LogP) is 1.97. The molecule has 12 heavy (non-hydrogen) atoms. The van der Waals surface area contributed by atoms with Crippen LogP contribution in [-0.4, -0.2) is 11.6 Å². The molecule has 0 aliphatic heterocycles. The average molecular weight is 168 g/mol. The Morgan fingerprint density at radius 3 is 2.67 bits per heavy atom. The van der Waals surface area contributed by atoms with Crippen molar-refractivity contribution in [3.05, 3.63) is 0 Å². The summed E-state index contributed by atoms with van der Waals surface area (Å²) < 4.78 is 0. The molecule has 0 amide bonds. The van der Waals surface area contributed by atoms with Gasteiger partial charge in [-0.25, -0.2) is 0 Å². The molecular weight excluding hydrogens is 152 g/mol. The summed E-state index contributed by atoms with van der Waals surface area (Å²) in [5.74, 6) is 0.151. The molecule has 0 spiro atoms. The lowest BCUT2D eigenvalue weighted by atomic mass is 9.78. The SMILES string of the molecule is CCCC1CCC(=O)C(C)C1=O. The Morgan fingerprint density at radius 2 is 2.08 bits per heavy atom. The molecule has 68 valence electrons. The molecule has 0 radical (unpaired) electrons. The zero-order valence-electron chi connectivity index (χ0n) is 7.80. The first-order valence-corrected chi connectivity index (χ1v) is 4.73. The first kappa shape index (κ1) is 9.43. The maximum absolute atomic E-state index is 11.5. The van der Waals surface area contributed by atoms with E-state index in [1.54, 1.807) is 6.92 Å². The number of rotatable bonds is 2. The van der Waals surface area contributed by atoms with Crippen LogP contribution in [0, 0.1) is 11.8 Å². The van der Waals surface area contributed by atoms with Gasteiger partial charge in [0.05, 0.1) is 5.92 Å². The normalized spacial score (nSPS) is 30.8. The van der Waals surface area contributed by atoms with Crippen molar-refractivity contribution in [2.75, 3.05) is 0 Å². The summed E-state index contributed by atoms with van der Waals surface area (Å²) in [5.41, 5.74) is 0. The Hall–Kier alpha value is -0.660. The molecule has 0 bridgehead atoms. The van der Waals surface area contributed by atoms with Gasteiger partial charge in [-0.15, -0.1) is 0 Å². The molecule has 0 saturated heterocycles. The fourth-order valence-corrected chi connectivity index (χ4v) is 1.82. The van der Waals surface area contributed by atoms with Crippen molar-refractivity contribution in [2.24, 2.45) is 11.8 Å². The summed E-state index contributed by atoms with van der Waals surface area (Å²) in [6, 6.07) is 0. The number of carbonyl (C=O) groups excluding carboxylic acids is 2. The van der Waals surface area contributed by atoms with Crippen LogP contribution >= 0.6 is 0 Å². The molecule has 2 unspecified atom stereocenters. The van der Waals surface area contributed by atoms with Crippen LogP contribution in [0.3, 0.4) is 0 Å². The smallest absolute Gasteiger partial charge is 0.146 e. The molecule has 1 rings (SSSR count). The minimum absolute atomic E-state index is 0.132. The molecule has 0 aromatic rings. The van der Waals surface area contributed by atoms with Gasteiger partial charge in [0.2, 0.25) is 0 Å². The zero-order chi connectivity index (χ0) is 9.14. The Bertz CT molecular complexity index is 196. The maximum Gasteiger partial charge on any atom is 0.146 e. The summed E-state index contributed by atoms with van der Waals surface area (Å²) in [5, 5.41) is 0. The summed E-state index contributed by atoms with van der Waals surface area (Å²) >= 11 is 0. The molecule has 0 aromatic carbocycles. The van der Waals surface area contributed by atoms with Crippen molar-refractivity contribution in [3.63, 3.8) is 0 Å². The number of ketones is 2. The van der Waals surface area contributed by atoms with Gasteiger partial charge in [0.25, 0.3) is 0 Å². The number of hydrogen-bond donors (Lipinski definition) is 0. The van der Waals surface area contributed by atoms with Gasteiger partial charge < -0.3 is 0 Å². The van der Waals surface area contributed by atoms with E-state index < -0.39 is 0 Å². The monoisotopic (exact) mass is 168 g/mol. The van der Waals surface area contributed by atoms with E-state index in [0.717, 1.165) is 19.3 Å². The summed E-state index contributed by atoms with van der Waals surface area (Å²) in [4.78, 5) is 22.6. The molecule has 1 aliphatic carbocycles. The van der Waals surface area contributed by atoms with E-state index in [9.17, 15) is 9.59 Å². The fraction of sp³-hybridized carbons (Fsp3) is 0.800. The van der Waals surface area contributed by atoms with Crippen molar-refractivity contribution < 1.29 is 9.59 Å². The van der Waals surface area contributed by atoms with Gasteiger partial charge in [0.15, 0.2) is 0 Å². The van der Waals surface area contributed by atoms with Crippen molar-refractivity contribution in [3.8, 4) is 0 Å². The molecule has 1 saturated carbocycles. The molecule has 0 N–H and O–H groups in total. The Labute approximate surface area is 73.3 Å². The Morgan fingerprint density at radius 1 is 1.42 bits per heavy atom. The van der Waals surface area contributed by atoms with Crippen LogP contribution in [0.15, 0.2) is 0 Å². The highest BCUT2D eigenvalue weighted by Crippen LogP contribution is 2.25. The summed E-state index contributed by atoms with van der Waals surface area (Å²) in [6.07, 6.45) is 3.39. The molecular formula is C10H16O2. The van der Waals surface area contributed by atoms with Crippen molar-refractivity contribution in [2.45, 2.75) is 39.5 Å². The van der Waals surface area contributed by atoms with Crippen LogP contribution in [0.4, 0.5) is 0 Å².